The van der Waals surface area contributed by atoms with E-state index in [-0.39, 0.29) is 0 Å². The third kappa shape index (κ3) is 3.46. The summed E-state index contributed by atoms with van der Waals surface area (Å²) in [5, 5.41) is 0. The molecular formula is C19H26N4. The summed E-state index contributed by atoms with van der Waals surface area (Å²) in [6.45, 7) is 5.38. The molecule has 0 N–H and O–H groups in total. The van der Waals surface area contributed by atoms with Crippen LogP contribution < -0.4 is 9.80 Å². The maximum Gasteiger partial charge on any atom is 0.227 e. The van der Waals surface area contributed by atoms with Crippen molar-refractivity contribution in [3.8, 4) is 0 Å². The number of anilines is 3. The Balaban J connectivity index is 1.92. The van der Waals surface area contributed by atoms with Crippen molar-refractivity contribution in [2.24, 2.45) is 0 Å². The Kier molecular flexibility index (Phi) is 4.79. The zero-order valence-electron chi connectivity index (χ0n) is 14.4. The predicted octanol–water partition coefficient (Wildman–Crippen LogP) is 4.32. The summed E-state index contributed by atoms with van der Waals surface area (Å²) >= 11 is 0. The first-order valence-corrected chi connectivity index (χ1v) is 8.60. The predicted molar refractivity (Wildman–Crippen MR) is 96.6 cm³/mol. The molecule has 1 atom stereocenters. The number of hydrogen-bond donors (Lipinski definition) is 0. The van der Waals surface area contributed by atoms with Crippen LogP contribution in [0.2, 0.25) is 0 Å². The van der Waals surface area contributed by atoms with Gasteiger partial charge in [-0.25, -0.2) is 4.98 Å². The quantitative estimate of drug-likeness (QED) is 0.842. The second-order valence-electron chi connectivity index (χ2n) is 6.31. The Hall–Kier alpha value is -2.10. The standard InChI is InChI=1S/C19H26N4/c1-4-16-10-8-9-13-23(16)19-20-15(2)14-18(21-19)22(3)17-11-6-5-7-12-17/h5-7,11-12,14,16H,4,8-10,13H2,1-3H3. The Morgan fingerprint density at radius 2 is 1.96 bits per heavy atom. The molecule has 0 radical (unpaired) electrons. The largest absolute Gasteiger partial charge is 0.338 e. The highest BCUT2D eigenvalue weighted by atomic mass is 15.3. The topological polar surface area (TPSA) is 32.3 Å². The van der Waals surface area contributed by atoms with Gasteiger partial charge < -0.3 is 9.80 Å². The van der Waals surface area contributed by atoms with E-state index in [0.29, 0.717) is 6.04 Å². The Bertz CT molecular complexity index is 641. The van der Waals surface area contributed by atoms with Gasteiger partial charge in [0, 0.05) is 37.1 Å². The number of aromatic nitrogens is 2. The number of benzene rings is 1. The van der Waals surface area contributed by atoms with Crippen molar-refractivity contribution in [3.05, 3.63) is 42.1 Å². The van der Waals surface area contributed by atoms with Crippen LogP contribution in [0.3, 0.4) is 0 Å². The van der Waals surface area contributed by atoms with Gasteiger partial charge in [0.2, 0.25) is 5.95 Å². The van der Waals surface area contributed by atoms with Crippen LogP contribution in [0.15, 0.2) is 36.4 Å². The fourth-order valence-corrected chi connectivity index (χ4v) is 3.31. The number of rotatable bonds is 4. The molecule has 1 saturated heterocycles. The van der Waals surface area contributed by atoms with Crippen molar-refractivity contribution in [1.29, 1.82) is 0 Å². The van der Waals surface area contributed by atoms with Crippen LogP contribution in [0.4, 0.5) is 17.5 Å². The molecule has 1 fully saturated rings. The fraction of sp³-hybridized carbons (Fsp3) is 0.474. The van der Waals surface area contributed by atoms with Gasteiger partial charge in [-0.15, -0.1) is 0 Å². The fourth-order valence-electron chi connectivity index (χ4n) is 3.31. The van der Waals surface area contributed by atoms with E-state index in [1.54, 1.807) is 0 Å². The monoisotopic (exact) mass is 310 g/mol. The minimum absolute atomic E-state index is 0.570. The average Bonchev–Trinajstić information content (AvgIpc) is 2.61. The minimum Gasteiger partial charge on any atom is -0.338 e. The number of aryl methyl sites for hydroxylation is 1. The van der Waals surface area contributed by atoms with Gasteiger partial charge >= 0.3 is 0 Å². The molecule has 3 rings (SSSR count). The normalized spacial score (nSPS) is 18.0. The van der Waals surface area contributed by atoms with Crippen molar-refractivity contribution >= 4 is 17.5 Å². The van der Waals surface area contributed by atoms with Crippen molar-refractivity contribution in [2.75, 3.05) is 23.4 Å². The highest BCUT2D eigenvalue weighted by Crippen LogP contribution is 2.28. The summed E-state index contributed by atoms with van der Waals surface area (Å²) in [5.41, 5.74) is 2.16. The second kappa shape index (κ2) is 6.99. The van der Waals surface area contributed by atoms with E-state index < -0.39 is 0 Å². The van der Waals surface area contributed by atoms with Gasteiger partial charge in [-0.05, 0) is 44.7 Å². The van der Waals surface area contributed by atoms with Gasteiger partial charge in [-0.3, -0.25) is 0 Å². The van der Waals surface area contributed by atoms with Crippen LogP contribution in [-0.4, -0.2) is 29.6 Å². The number of para-hydroxylation sites is 1. The maximum absolute atomic E-state index is 4.87. The maximum atomic E-state index is 4.87. The van der Waals surface area contributed by atoms with Crippen LogP contribution in [0.5, 0.6) is 0 Å². The smallest absolute Gasteiger partial charge is 0.227 e. The summed E-state index contributed by atoms with van der Waals surface area (Å²) < 4.78 is 0. The first kappa shape index (κ1) is 15.8. The molecule has 122 valence electrons. The first-order valence-electron chi connectivity index (χ1n) is 8.60. The molecule has 0 amide bonds. The molecule has 1 aliphatic heterocycles. The Morgan fingerprint density at radius 1 is 1.17 bits per heavy atom. The molecule has 2 heterocycles. The average molecular weight is 310 g/mol. The Morgan fingerprint density at radius 3 is 2.70 bits per heavy atom. The molecule has 4 heteroatoms. The van der Waals surface area contributed by atoms with E-state index in [9.17, 15) is 0 Å². The summed E-state index contributed by atoms with van der Waals surface area (Å²) in [6, 6.07) is 13.0. The van der Waals surface area contributed by atoms with Gasteiger partial charge in [0.15, 0.2) is 0 Å². The molecule has 1 unspecified atom stereocenters. The van der Waals surface area contributed by atoms with Crippen molar-refractivity contribution in [3.63, 3.8) is 0 Å². The SMILES string of the molecule is CCC1CCCCN1c1nc(C)cc(N(C)c2ccccc2)n1. The molecule has 0 aliphatic carbocycles. The van der Waals surface area contributed by atoms with Gasteiger partial charge in [0.25, 0.3) is 0 Å². The van der Waals surface area contributed by atoms with E-state index in [4.69, 9.17) is 9.97 Å². The zero-order chi connectivity index (χ0) is 16.2. The van der Waals surface area contributed by atoms with Crippen molar-refractivity contribution < 1.29 is 0 Å². The number of piperidine rings is 1. The lowest BCUT2D eigenvalue weighted by Crippen LogP contribution is -2.40. The summed E-state index contributed by atoms with van der Waals surface area (Å²) in [6.07, 6.45) is 4.95. The third-order valence-electron chi connectivity index (χ3n) is 4.67. The summed E-state index contributed by atoms with van der Waals surface area (Å²) in [7, 11) is 2.06. The van der Waals surface area contributed by atoms with Crippen LogP contribution in [0, 0.1) is 6.92 Å². The van der Waals surface area contributed by atoms with E-state index in [1.807, 2.05) is 6.07 Å². The number of hydrogen-bond acceptors (Lipinski definition) is 4. The highest BCUT2D eigenvalue weighted by Gasteiger charge is 2.24. The molecule has 23 heavy (non-hydrogen) atoms. The van der Waals surface area contributed by atoms with Gasteiger partial charge in [0.1, 0.15) is 5.82 Å². The second-order valence-corrected chi connectivity index (χ2v) is 6.31. The van der Waals surface area contributed by atoms with Crippen LogP contribution in [0.25, 0.3) is 0 Å². The summed E-state index contributed by atoms with van der Waals surface area (Å²) in [4.78, 5) is 14.1. The lowest BCUT2D eigenvalue weighted by atomic mass is 10.0. The number of nitrogens with zero attached hydrogens (tertiary/aromatic N) is 4. The molecule has 2 aromatic rings. The third-order valence-corrected chi connectivity index (χ3v) is 4.67. The van der Waals surface area contributed by atoms with Crippen molar-refractivity contribution in [2.45, 2.75) is 45.6 Å². The molecule has 0 saturated carbocycles. The molecule has 1 aromatic carbocycles. The highest BCUT2D eigenvalue weighted by molar-refractivity contribution is 5.60. The molecule has 0 spiro atoms. The lowest BCUT2D eigenvalue weighted by Gasteiger charge is -2.35. The van der Waals surface area contributed by atoms with E-state index in [0.717, 1.165) is 36.1 Å². The van der Waals surface area contributed by atoms with Gasteiger partial charge in [-0.1, -0.05) is 25.1 Å². The molecule has 4 nitrogen and oxygen atoms in total. The lowest BCUT2D eigenvalue weighted by molar-refractivity contribution is 0.443. The Labute approximate surface area is 139 Å². The molecular weight excluding hydrogens is 284 g/mol. The van der Waals surface area contributed by atoms with Crippen LogP contribution in [-0.2, 0) is 0 Å². The zero-order valence-corrected chi connectivity index (χ0v) is 14.4. The van der Waals surface area contributed by atoms with Crippen LogP contribution in [0.1, 0.15) is 38.3 Å². The van der Waals surface area contributed by atoms with Crippen molar-refractivity contribution in [1.82, 2.24) is 9.97 Å². The van der Waals surface area contributed by atoms with Gasteiger partial charge in [0.05, 0.1) is 0 Å². The van der Waals surface area contributed by atoms with E-state index >= 15 is 0 Å². The molecule has 1 aromatic heterocycles. The van der Waals surface area contributed by atoms with E-state index in [2.05, 4.69) is 61.0 Å². The van der Waals surface area contributed by atoms with Gasteiger partial charge in [-0.2, -0.15) is 4.98 Å². The molecule has 0 bridgehead atoms. The minimum atomic E-state index is 0.570. The van der Waals surface area contributed by atoms with Crippen LogP contribution >= 0.6 is 0 Å². The van der Waals surface area contributed by atoms with E-state index in [1.165, 1.54) is 19.3 Å². The summed E-state index contributed by atoms with van der Waals surface area (Å²) in [5.74, 6) is 1.84. The molecule has 1 aliphatic rings. The first-order chi connectivity index (χ1) is 11.2.